The van der Waals surface area contributed by atoms with Crippen molar-refractivity contribution in [1.29, 1.82) is 5.26 Å². The summed E-state index contributed by atoms with van der Waals surface area (Å²) in [5.74, 6) is -1.17. The highest BCUT2D eigenvalue weighted by molar-refractivity contribution is 5.90. The van der Waals surface area contributed by atoms with Crippen LogP contribution in [0.2, 0.25) is 0 Å². The monoisotopic (exact) mass is 396 g/mol. The molecule has 1 N–H and O–H groups in total. The molecule has 0 aliphatic heterocycles. The van der Waals surface area contributed by atoms with Crippen LogP contribution in [0.15, 0.2) is 36.4 Å². The van der Waals surface area contributed by atoms with Gasteiger partial charge in [0, 0.05) is 18.2 Å². The second kappa shape index (κ2) is 9.08. The molecule has 2 rings (SSSR count). The predicted molar refractivity (Wildman–Crippen MR) is 92.5 cm³/mol. The van der Waals surface area contributed by atoms with Crippen molar-refractivity contribution in [2.24, 2.45) is 0 Å². The van der Waals surface area contributed by atoms with Crippen LogP contribution in [0.3, 0.4) is 0 Å². The van der Waals surface area contributed by atoms with Crippen molar-refractivity contribution in [2.45, 2.75) is 19.0 Å². The van der Waals surface area contributed by atoms with E-state index in [2.05, 4.69) is 5.32 Å². The number of ether oxygens (including phenoxy) is 2. The number of alkyl halides is 3. The topological polar surface area (TPSA) is 71.3 Å². The van der Waals surface area contributed by atoms with Gasteiger partial charge in [0.05, 0.1) is 30.9 Å². The molecule has 0 bridgehead atoms. The van der Waals surface area contributed by atoms with Crippen LogP contribution in [0.1, 0.15) is 24.0 Å². The number of nitriles is 1. The lowest BCUT2D eigenvalue weighted by Gasteiger charge is -2.12. The number of hydrogen-bond donors (Lipinski definition) is 1. The zero-order chi connectivity index (χ0) is 20.7. The van der Waals surface area contributed by atoms with Crippen LogP contribution in [0.25, 0.3) is 0 Å². The highest BCUT2D eigenvalue weighted by Gasteiger charge is 2.34. The molecule has 0 radical (unpaired) electrons. The zero-order valence-corrected chi connectivity index (χ0v) is 14.8. The highest BCUT2D eigenvalue weighted by atomic mass is 19.4. The number of anilines is 1. The van der Waals surface area contributed by atoms with Crippen LogP contribution < -0.4 is 14.8 Å². The minimum Gasteiger partial charge on any atom is -0.493 e. The van der Waals surface area contributed by atoms with Gasteiger partial charge in [-0.1, -0.05) is 0 Å². The average Bonchev–Trinajstić information content (AvgIpc) is 2.65. The third kappa shape index (κ3) is 5.61. The first-order valence-corrected chi connectivity index (χ1v) is 8.12. The van der Waals surface area contributed by atoms with E-state index in [1.54, 1.807) is 12.1 Å². The summed E-state index contributed by atoms with van der Waals surface area (Å²) in [5.41, 5.74) is -1.18. The van der Waals surface area contributed by atoms with E-state index in [0.29, 0.717) is 29.2 Å². The van der Waals surface area contributed by atoms with E-state index in [1.807, 2.05) is 6.07 Å². The van der Waals surface area contributed by atoms with Crippen LogP contribution in [0, 0.1) is 17.1 Å². The fourth-order valence-electron chi connectivity index (χ4n) is 2.31. The van der Waals surface area contributed by atoms with E-state index in [1.165, 1.54) is 13.2 Å². The molecule has 0 saturated carbocycles. The molecule has 28 heavy (non-hydrogen) atoms. The van der Waals surface area contributed by atoms with Crippen molar-refractivity contribution in [3.05, 3.63) is 53.3 Å². The van der Waals surface area contributed by atoms with E-state index in [-0.39, 0.29) is 25.1 Å². The predicted octanol–water partition coefficient (Wildman–Crippen LogP) is 4.52. The summed E-state index contributed by atoms with van der Waals surface area (Å²) in [4.78, 5) is 11.9. The summed E-state index contributed by atoms with van der Waals surface area (Å²) in [5, 5.41) is 11.1. The molecule has 2 aromatic rings. The Kier molecular flexibility index (Phi) is 6.82. The summed E-state index contributed by atoms with van der Waals surface area (Å²) in [6, 6.07) is 8.85. The molecule has 0 aliphatic rings. The summed E-state index contributed by atoms with van der Waals surface area (Å²) < 4.78 is 61.9. The van der Waals surface area contributed by atoms with Gasteiger partial charge < -0.3 is 14.8 Å². The van der Waals surface area contributed by atoms with Gasteiger partial charge in [-0.15, -0.1) is 0 Å². The Morgan fingerprint density at radius 3 is 2.57 bits per heavy atom. The molecule has 0 aliphatic carbocycles. The number of benzene rings is 2. The van der Waals surface area contributed by atoms with Gasteiger partial charge in [-0.25, -0.2) is 4.39 Å². The number of methoxy groups -OCH3 is 1. The first kappa shape index (κ1) is 21.0. The van der Waals surface area contributed by atoms with Gasteiger partial charge >= 0.3 is 6.18 Å². The quantitative estimate of drug-likeness (QED) is 0.552. The van der Waals surface area contributed by atoms with Crippen molar-refractivity contribution < 1.29 is 31.8 Å². The van der Waals surface area contributed by atoms with Gasteiger partial charge in [0.15, 0.2) is 11.5 Å². The van der Waals surface area contributed by atoms with Crippen LogP contribution in [0.4, 0.5) is 23.2 Å². The molecule has 148 valence electrons. The fraction of sp³-hybridized carbons (Fsp3) is 0.263. The summed E-state index contributed by atoms with van der Waals surface area (Å²) in [6.45, 7) is 0.146. The molecule has 5 nitrogen and oxygen atoms in total. The molecule has 1 amide bonds. The number of rotatable bonds is 7. The Hall–Kier alpha value is -3.28. The molecule has 0 spiro atoms. The molecule has 0 heterocycles. The van der Waals surface area contributed by atoms with E-state index < -0.39 is 23.5 Å². The molecule has 0 fully saturated rings. The third-order valence-electron chi connectivity index (χ3n) is 3.65. The number of hydrogen-bond acceptors (Lipinski definition) is 4. The fourth-order valence-corrected chi connectivity index (χ4v) is 2.31. The summed E-state index contributed by atoms with van der Waals surface area (Å²) in [6.07, 6.45) is -4.58. The van der Waals surface area contributed by atoms with Gasteiger partial charge in [-0.2, -0.15) is 18.4 Å². The Morgan fingerprint density at radius 2 is 1.93 bits per heavy atom. The van der Waals surface area contributed by atoms with Crippen LogP contribution in [-0.4, -0.2) is 19.6 Å². The number of amides is 1. The number of carbonyl (C=O) groups is 1. The van der Waals surface area contributed by atoms with Crippen LogP contribution >= 0.6 is 0 Å². The van der Waals surface area contributed by atoms with Gasteiger partial charge in [0.2, 0.25) is 5.91 Å². The molecule has 0 unspecified atom stereocenters. The normalized spacial score (nSPS) is 10.9. The Bertz CT molecular complexity index is 892. The van der Waals surface area contributed by atoms with Gasteiger partial charge in [0.25, 0.3) is 0 Å². The second-order valence-electron chi connectivity index (χ2n) is 5.67. The van der Waals surface area contributed by atoms with Gasteiger partial charge in [-0.3, -0.25) is 4.79 Å². The third-order valence-corrected chi connectivity index (χ3v) is 3.65. The van der Waals surface area contributed by atoms with Gasteiger partial charge in [-0.05, 0) is 36.8 Å². The maximum atomic E-state index is 13.2. The lowest BCUT2D eigenvalue weighted by Crippen LogP contribution is -2.14. The second-order valence-corrected chi connectivity index (χ2v) is 5.67. The zero-order valence-electron chi connectivity index (χ0n) is 14.8. The molecule has 0 aromatic heterocycles. The Morgan fingerprint density at radius 1 is 1.18 bits per heavy atom. The first-order chi connectivity index (χ1) is 13.2. The molecular formula is C19H16F4N2O3. The Balaban J connectivity index is 1.86. The van der Waals surface area contributed by atoms with Crippen LogP contribution in [0.5, 0.6) is 11.5 Å². The van der Waals surface area contributed by atoms with Crippen molar-refractivity contribution in [2.75, 3.05) is 19.0 Å². The van der Waals surface area contributed by atoms with E-state index in [9.17, 15) is 22.4 Å². The maximum Gasteiger partial charge on any atom is 0.419 e. The number of carbonyl (C=O) groups excluding carboxylic acids is 1. The number of nitrogens with one attached hydrogen (secondary N) is 1. The largest absolute Gasteiger partial charge is 0.493 e. The first-order valence-electron chi connectivity index (χ1n) is 8.12. The molecular weight excluding hydrogens is 380 g/mol. The van der Waals surface area contributed by atoms with Crippen molar-refractivity contribution in [3.8, 4) is 17.6 Å². The van der Waals surface area contributed by atoms with Crippen molar-refractivity contribution in [3.63, 3.8) is 0 Å². The van der Waals surface area contributed by atoms with Gasteiger partial charge in [0.1, 0.15) is 5.82 Å². The van der Waals surface area contributed by atoms with E-state index in [4.69, 9.17) is 14.7 Å². The average molecular weight is 396 g/mol. The smallest absolute Gasteiger partial charge is 0.419 e. The standard InChI is InChI=1S/C19H16F4N2O3/c1-27-17-9-12(11-24)4-7-16(17)28-8-2-3-18(26)25-13-5-6-15(20)14(10-13)19(21,22)23/h4-7,9-10H,2-3,8H2,1H3,(H,25,26). The minimum atomic E-state index is -4.85. The number of halogens is 4. The summed E-state index contributed by atoms with van der Waals surface area (Å²) in [7, 11) is 1.43. The number of nitrogens with zero attached hydrogens (tertiary/aromatic N) is 1. The summed E-state index contributed by atoms with van der Waals surface area (Å²) >= 11 is 0. The van der Waals surface area contributed by atoms with E-state index in [0.717, 1.165) is 6.07 Å². The van der Waals surface area contributed by atoms with Crippen LogP contribution in [-0.2, 0) is 11.0 Å². The minimum absolute atomic E-state index is 0.0165. The molecule has 2 aromatic carbocycles. The maximum absolute atomic E-state index is 13.2. The SMILES string of the molecule is COc1cc(C#N)ccc1OCCCC(=O)Nc1ccc(F)c(C(F)(F)F)c1. The molecule has 9 heteroatoms. The lowest BCUT2D eigenvalue weighted by molar-refractivity contribution is -0.140. The highest BCUT2D eigenvalue weighted by Crippen LogP contribution is 2.33. The molecule has 0 saturated heterocycles. The van der Waals surface area contributed by atoms with E-state index >= 15 is 0 Å². The van der Waals surface area contributed by atoms with Crippen molar-refractivity contribution in [1.82, 2.24) is 0 Å². The Labute approximate surface area is 158 Å². The van der Waals surface area contributed by atoms with Crippen molar-refractivity contribution >= 4 is 11.6 Å². The molecule has 0 atom stereocenters. The lowest BCUT2D eigenvalue weighted by atomic mass is 10.1.